The van der Waals surface area contributed by atoms with Crippen LogP contribution >= 0.6 is 11.3 Å². The van der Waals surface area contributed by atoms with Gasteiger partial charge in [0.2, 0.25) is 0 Å². The van der Waals surface area contributed by atoms with Gasteiger partial charge in [-0.05, 0) is 0 Å². The molecule has 0 aromatic carbocycles. The molecule has 0 aliphatic carbocycles. The van der Waals surface area contributed by atoms with Crippen LogP contribution in [-0.4, -0.2) is 38.0 Å². The van der Waals surface area contributed by atoms with E-state index in [4.69, 9.17) is 0 Å². The third-order valence-electron chi connectivity index (χ3n) is 2.39. The molecular formula is C8H9F3N2O2S2. The average molecular weight is 286 g/mol. The van der Waals surface area contributed by atoms with E-state index in [0.717, 1.165) is 6.20 Å². The Morgan fingerprint density at radius 1 is 1.29 bits per heavy atom. The number of alkyl halides is 3. The maximum absolute atomic E-state index is 12.3. The van der Waals surface area contributed by atoms with Crippen LogP contribution in [0.15, 0.2) is 6.20 Å². The molecule has 17 heavy (non-hydrogen) atoms. The molecule has 4 nitrogen and oxygen atoms in total. The number of hydrogen-bond donors (Lipinski definition) is 0. The standard InChI is InChI=1S/C8H9F3N2O2S2/c9-8(10,11)6-5-12-7(16-6)13-1-3-17(14,15)4-2-13/h5H,1-4H2. The Balaban J connectivity index is 2.12. The summed E-state index contributed by atoms with van der Waals surface area (Å²) in [6.45, 7) is 0.403. The zero-order valence-corrected chi connectivity index (χ0v) is 10.2. The topological polar surface area (TPSA) is 50.3 Å². The van der Waals surface area contributed by atoms with Crippen LogP contribution in [-0.2, 0) is 16.0 Å². The van der Waals surface area contributed by atoms with E-state index < -0.39 is 20.9 Å². The first kappa shape index (κ1) is 12.6. The predicted octanol–water partition coefficient (Wildman–Crippen LogP) is 1.40. The second-order valence-electron chi connectivity index (χ2n) is 3.64. The lowest BCUT2D eigenvalue weighted by atomic mass is 10.5. The lowest BCUT2D eigenvalue weighted by Gasteiger charge is -2.25. The number of rotatable bonds is 1. The van der Waals surface area contributed by atoms with Gasteiger partial charge in [-0.3, -0.25) is 0 Å². The van der Waals surface area contributed by atoms with Crippen LogP contribution in [0, 0.1) is 0 Å². The molecule has 0 bridgehead atoms. The van der Waals surface area contributed by atoms with Gasteiger partial charge >= 0.3 is 6.18 Å². The van der Waals surface area contributed by atoms with Crippen LogP contribution in [0.3, 0.4) is 0 Å². The summed E-state index contributed by atoms with van der Waals surface area (Å²) in [5.41, 5.74) is 0. The average Bonchev–Trinajstić information content (AvgIpc) is 2.66. The fourth-order valence-electron chi connectivity index (χ4n) is 1.45. The second kappa shape index (κ2) is 4.13. The van der Waals surface area contributed by atoms with E-state index in [1.807, 2.05) is 0 Å². The molecule has 0 spiro atoms. The molecule has 0 unspecified atom stereocenters. The molecule has 1 aliphatic heterocycles. The van der Waals surface area contributed by atoms with Crippen LogP contribution < -0.4 is 4.90 Å². The first-order valence-electron chi connectivity index (χ1n) is 4.76. The first-order chi connectivity index (χ1) is 7.78. The van der Waals surface area contributed by atoms with Crippen molar-refractivity contribution in [3.8, 4) is 0 Å². The van der Waals surface area contributed by atoms with Gasteiger partial charge in [0.1, 0.15) is 4.88 Å². The first-order valence-corrected chi connectivity index (χ1v) is 7.40. The van der Waals surface area contributed by atoms with Gasteiger partial charge < -0.3 is 4.90 Å². The third-order valence-corrected chi connectivity index (χ3v) is 5.10. The monoisotopic (exact) mass is 286 g/mol. The molecule has 1 aliphatic rings. The summed E-state index contributed by atoms with van der Waals surface area (Å²) in [4.78, 5) is 4.49. The van der Waals surface area contributed by atoms with Gasteiger partial charge in [0.05, 0.1) is 17.7 Å². The Labute approximate surface area is 100.0 Å². The Kier molecular flexibility index (Phi) is 3.06. The van der Waals surface area contributed by atoms with Gasteiger partial charge in [0.15, 0.2) is 15.0 Å². The van der Waals surface area contributed by atoms with Crippen LogP contribution in [0.5, 0.6) is 0 Å². The molecule has 96 valence electrons. The lowest BCUT2D eigenvalue weighted by Crippen LogP contribution is -2.40. The van der Waals surface area contributed by atoms with E-state index in [9.17, 15) is 21.6 Å². The predicted molar refractivity (Wildman–Crippen MR) is 58.0 cm³/mol. The Bertz CT molecular complexity index is 495. The Morgan fingerprint density at radius 3 is 2.35 bits per heavy atom. The molecule has 1 saturated heterocycles. The number of halogens is 3. The maximum atomic E-state index is 12.3. The quantitative estimate of drug-likeness (QED) is 0.783. The fourth-order valence-corrected chi connectivity index (χ4v) is 3.48. The highest BCUT2D eigenvalue weighted by atomic mass is 32.2. The van der Waals surface area contributed by atoms with E-state index >= 15 is 0 Å². The molecule has 1 fully saturated rings. The van der Waals surface area contributed by atoms with E-state index in [2.05, 4.69) is 4.98 Å². The van der Waals surface area contributed by atoms with Gasteiger partial charge in [0.25, 0.3) is 0 Å². The van der Waals surface area contributed by atoms with Crippen molar-refractivity contribution < 1.29 is 21.6 Å². The smallest absolute Gasteiger partial charge is 0.346 e. The number of nitrogens with zero attached hydrogens (tertiary/aromatic N) is 2. The van der Waals surface area contributed by atoms with Crippen molar-refractivity contribution in [1.82, 2.24) is 4.98 Å². The largest absolute Gasteiger partial charge is 0.427 e. The van der Waals surface area contributed by atoms with Crippen molar-refractivity contribution in [2.24, 2.45) is 0 Å². The van der Waals surface area contributed by atoms with Crippen molar-refractivity contribution in [3.63, 3.8) is 0 Å². The minimum atomic E-state index is -4.39. The minimum Gasteiger partial charge on any atom is -0.346 e. The zero-order chi connectivity index (χ0) is 12.7. The van der Waals surface area contributed by atoms with Gasteiger partial charge in [-0.15, -0.1) is 0 Å². The normalized spacial score (nSPS) is 20.5. The SMILES string of the molecule is O=S1(=O)CCN(c2ncc(C(F)(F)F)s2)CC1. The van der Waals surface area contributed by atoms with E-state index in [1.54, 1.807) is 4.90 Å². The summed E-state index contributed by atoms with van der Waals surface area (Å²) in [5.74, 6) is -0.0676. The molecule has 2 heterocycles. The molecule has 0 radical (unpaired) electrons. The highest BCUT2D eigenvalue weighted by Gasteiger charge is 2.34. The molecule has 2 rings (SSSR count). The molecule has 1 aromatic heterocycles. The number of sulfone groups is 1. The summed E-state index contributed by atoms with van der Waals surface area (Å²) in [5, 5.41) is 0.229. The second-order valence-corrected chi connectivity index (χ2v) is 6.96. The van der Waals surface area contributed by atoms with E-state index in [-0.39, 0.29) is 29.7 Å². The minimum absolute atomic E-state index is 0.0338. The molecule has 1 aromatic rings. The van der Waals surface area contributed by atoms with Crippen molar-refractivity contribution in [3.05, 3.63) is 11.1 Å². The lowest BCUT2D eigenvalue weighted by molar-refractivity contribution is -0.134. The molecule has 9 heteroatoms. The van der Waals surface area contributed by atoms with E-state index in [1.165, 1.54) is 0 Å². The van der Waals surface area contributed by atoms with Gasteiger partial charge in [-0.1, -0.05) is 11.3 Å². The summed E-state index contributed by atoms with van der Waals surface area (Å²) >= 11 is 0.541. The summed E-state index contributed by atoms with van der Waals surface area (Å²) in [6.07, 6.45) is -3.61. The van der Waals surface area contributed by atoms with E-state index in [0.29, 0.717) is 11.3 Å². The maximum Gasteiger partial charge on any atom is 0.427 e. The highest BCUT2D eigenvalue weighted by molar-refractivity contribution is 7.91. The summed E-state index contributed by atoms with van der Waals surface area (Å²) < 4.78 is 59.4. The Hall–Kier alpha value is -0.830. The fraction of sp³-hybridized carbons (Fsp3) is 0.625. The van der Waals surface area contributed by atoms with Crippen molar-refractivity contribution in [2.75, 3.05) is 29.5 Å². The van der Waals surface area contributed by atoms with Crippen LogP contribution in [0.25, 0.3) is 0 Å². The summed E-state index contributed by atoms with van der Waals surface area (Å²) in [7, 11) is -3.03. The number of hydrogen-bond acceptors (Lipinski definition) is 5. The van der Waals surface area contributed by atoms with Crippen molar-refractivity contribution in [2.45, 2.75) is 6.18 Å². The molecule has 0 atom stereocenters. The van der Waals surface area contributed by atoms with Crippen LogP contribution in [0.2, 0.25) is 0 Å². The zero-order valence-electron chi connectivity index (χ0n) is 8.57. The number of anilines is 1. The third kappa shape index (κ3) is 2.89. The molecule has 0 N–H and O–H groups in total. The number of aromatic nitrogens is 1. The summed E-state index contributed by atoms with van der Waals surface area (Å²) in [6, 6.07) is 0. The molecule has 0 amide bonds. The van der Waals surface area contributed by atoms with Gasteiger partial charge in [-0.2, -0.15) is 13.2 Å². The van der Waals surface area contributed by atoms with Crippen molar-refractivity contribution in [1.29, 1.82) is 0 Å². The molecular weight excluding hydrogens is 277 g/mol. The van der Waals surface area contributed by atoms with Crippen molar-refractivity contribution >= 4 is 26.3 Å². The number of thiazole rings is 1. The van der Waals surface area contributed by atoms with Gasteiger partial charge in [-0.25, -0.2) is 13.4 Å². The van der Waals surface area contributed by atoms with Gasteiger partial charge in [0, 0.05) is 13.1 Å². The molecule has 0 saturated carbocycles. The van der Waals surface area contributed by atoms with Crippen LogP contribution in [0.4, 0.5) is 18.3 Å². The van der Waals surface area contributed by atoms with Crippen LogP contribution in [0.1, 0.15) is 4.88 Å². The highest BCUT2D eigenvalue weighted by Crippen LogP contribution is 2.36. The Morgan fingerprint density at radius 2 is 1.88 bits per heavy atom.